The van der Waals surface area contributed by atoms with E-state index >= 15 is 0 Å². The van der Waals surface area contributed by atoms with E-state index in [9.17, 15) is 4.79 Å². The number of carbonyl (C=O) groups excluding carboxylic acids is 1. The van der Waals surface area contributed by atoms with Crippen molar-refractivity contribution in [1.29, 1.82) is 0 Å². The van der Waals surface area contributed by atoms with Crippen LogP contribution in [0.3, 0.4) is 0 Å². The van der Waals surface area contributed by atoms with Gasteiger partial charge in [-0.05, 0) is 86.3 Å². The maximum absolute atomic E-state index is 12.9. The Kier molecular flexibility index (Phi) is 4.55. The minimum Gasteiger partial charge on any atom is -0.349 e. The molecule has 0 radical (unpaired) electrons. The van der Waals surface area contributed by atoms with E-state index < -0.39 is 0 Å². The largest absolute Gasteiger partial charge is 0.349 e. The molecule has 4 bridgehead atoms. The third-order valence-corrected chi connectivity index (χ3v) is 10.5. The zero-order valence-electron chi connectivity index (χ0n) is 15.6. The lowest BCUT2D eigenvalue weighted by Crippen LogP contribution is -2.55. The molecule has 1 aromatic rings. The van der Waals surface area contributed by atoms with Crippen LogP contribution in [-0.2, 0) is 0 Å². The molecular formula is C22H29NOS2. The fourth-order valence-electron chi connectivity index (χ4n) is 6.48. The molecule has 5 fully saturated rings. The first kappa shape index (κ1) is 17.5. The summed E-state index contributed by atoms with van der Waals surface area (Å²) in [4.78, 5) is 12.9. The highest BCUT2D eigenvalue weighted by atomic mass is 32.2. The maximum Gasteiger partial charge on any atom is 0.251 e. The number of hydrogen-bond acceptors (Lipinski definition) is 3. The standard InChI is InChI=1S/C22H29NOS2/c1-14(22-11-15-8-16(12-22)10-17(9-15)13-22)23-20(24)18-2-4-19(5-3-18)21-25-6-7-26-21/h2-5,14-17,21H,6-13H2,1H3,(H,23,24). The van der Waals surface area contributed by atoms with Crippen molar-refractivity contribution in [2.24, 2.45) is 23.2 Å². The number of nitrogens with one attached hydrogen (secondary N) is 1. The zero-order chi connectivity index (χ0) is 17.7. The van der Waals surface area contributed by atoms with E-state index in [1.54, 1.807) is 0 Å². The minimum absolute atomic E-state index is 0.117. The van der Waals surface area contributed by atoms with Gasteiger partial charge in [0.25, 0.3) is 5.91 Å². The van der Waals surface area contributed by atoms with Crippen molar-refractivity contribution in [3.63, 3.8) is 0 Å². The van der Waals surface area contributed by atoms with E-state index in [0.717, 1.165) is 23.3 Å². The summed E-state index contributed by atoms with van der Waals surface area (Å²) in [6, 6.07) is 8.65. The lowest BCUT2D eigenvalue weighted by molar-refractivity contribution is -0.0688. The predicted octanol–water partition coefficient (Wildman–Crippen LogP) is 5.50. The van der Waals surface area contributed by atoms with Gasteiger partial charge in [0.15, 0.2) is 0 Å². The molecule has 4 heteroatoms. The van der Waals surface area contributed by atoms with Gasteiger partial charge in [0, 0.05) is 23.1 Å². The Labute approximate surface area is 165 Å². The van der Waals surface area contributed by atoms with Crippen LogP contribution < -0.4 is 5.32 Å². The van der Waals surface area contributed by atoms with Gasteiger partial charge in [0.2, 0.25) is 0 Å². The Morgan fingerprint density at radius 1 is 1.00 bits per heavy atom. The fourth-order valence-corrected chi connectivity index (χ4v) is 9.34. The van der Waals surface area contributed by atoms with E-state index in [2.05, 4.69) is 24.4 Å². The Morgan fingerprint density at radius 3 is 2.08 bits per heavy atom. The number of hydrogen-bond donors (Lipinski definition) is 1. The first-order valence-electron chi connectivity index (χ1n) is 10.3. The summed E-state index contributed by atoms with van der Waals surface area (Å²) in [6.07, 6.45) is 8.40. The molecule has 1 N–H and O–H groups in total. The van der Waals surface area contributed by atoms with E-state index in [1.807, 2.05) is 35.7 Å². The van der Waals surface area contributed by atoms with Gasteiger partial charge >= 0.3 is 0 Å². The van der Waals surface area contributed by atoms with Gasteiger partial charge in [-0.2, -0.15) is 0 Å². The molecule has 0 spiro atoms. The Bertz CT molecular complexity index is 645. The molecule has 1 atom stereocenters. The Morgan fingerprint density at radius 2 is 1.54 bits per heavy atom. The average molecular weight is 388 g/mol. The third-order valence-electron chi connectivity index (χ3n) is 7.42. The number of benzene rings is 1. The monoisotopic (exact) mass is 387 g/mol. The van der Waals surface area contributed by atoms with Gasteiger partial charge < -0.3 is 5.32 Å². The molecule has 1 aliphatic heterocycles. The molecule has 5 aliphatic rings. The summed E-state index contributed by atoms with van der Waals surface area (Å²) >= 11 is 4.03. The topological polar surface area (TPSA) is 29.1 Å². The predicted molar refractivity (Wildman–Crippen MR) is 112 cm³/mol. The van der Waals surface area contributed by atoms with Gasteiger partial charge in [0.05, 0.1) is 4.58 Å². The first-order chi connectivity index (χ1) is 12.6. The SMILES string of the molecule is CC(NC(=O)c1ccc(C2SCCS2)cc1)C12CC3CC(CC(C3)C1)C2. The van der Waals surface area contributed by atoms with E-state index in [0.29, 0.717) is 16.0 Å². The second kappa shape index (κ2) is 6.77. The molecular weight excluding hydrogens is 358 g/mol. The highest BCUT2D eigenvalue weighted by Gasteiger charge is 2.53. The molecule has 140 valence electrons. The van der Waals surface area contributed by atoms with Crippen LogP contribution in [0.1, 0.15) is 66.0 Å². The summed E-state index contributed by atoms with van der Waals surface area (Å²) < 4.78 is 0.554. The lowest BCUT2D eigenvalue weighted by atomic mass is 9.48. The number of carbonyl (C=O) groups is 1. The van der Waals surface area contributed by atoms with Crippen LogP contribution in [0.2, 0.25) is 0 Å². The number of thioether (sulfide) groups is 2. The van der Waals surface area contributed by atoms with Crippen molar-refractivity contribution >= 4 is 29.4 Å². The van der Waals surface area contributed by atoms with Gasteiger partial charge in [-0.15, -0.1) is 23.5 Å². The van der Waals surface area contributed by atoms with Crippen LogP contribution in [0.25, 0.3) is 0 Å². The second-order valence-corrected chi connectivity index (χ2v) is 11.9. The molecule has 0 aromatic heterocycles. The Hall–Kier alpha value is -0.610. The number of amides is 1. The molecule has 1 saturated heterocycles. The molecule has 2 nitrogen and oxygen atoms in total. The van der Waals surface area contributed by atoms with Crippen molar-refractivity contribution in [2.45, 2.75) is 56.1 Å². The summed E-state index contributed by atoms with van der Waals surface area (Å²) in [5.41, 5.74) is 2.54. The summed E-state index contributed by atoms with van der Waals surface area (Å²) in [6.45, 7) is 2.27. The van der Waals surface area contributed by atoms with E-state index in [1.165, 1.54) is 55.6 Å². The first-order valence-corrected chi connectivity index (χ1v) is 12.4. The molecule has 26 heavy (non-hydrogen) atoms. The van der Waals surface area contributed by atoms with Gasteiger partial charge in [-0.1, -0.05) is 12.1 Å². The van der Waals surface area contributed by atoms with Crippen molar-refractivity contribution in [3.05, 3.63) is 35.4 Å². The zero-order valence-corrected chi connectivity index (χ0v) is 17.2. The molecule has 6 rings (SSSR count). The fraction of sp³-hybridized carbons (Fsp3) is 0.682. The maximum atomic E-state index is 12.9. The van der Waals surface area contributed by atoms with E-state index in [4.69, 9.17) is 0 Å². The molecule has 4 aliphatic carbocycles. The molecule has 1 heterocycles. The summed E-state index contributed by atoms with van der Waals surface area (Å²) in [7, 11) is 0. The van der Waals surface area contributed by atoms with Crippen molar-refractivity contribution in [1.82, 2.24) is 5.32 Å². The van der Waals surface area contributed by atoms with E-state index in [-0.39, 0.29) is 5.91 Å². The molecule has 1 aromatic carbocycles. The van der Waals surface area contributed by atoms with Gasteiger partial charge in [0.1, 0.15) is 0 Å². The van der Waals surface area contributed by atoms with Gasteiger partial charge in [-0.3, -0.25) is 4.79 Å². The van der Waals surface area contributed by atoms with Crippen molar-refractivity contribution in [2.75, 3.05) is 11.5 Å². The average Bonchev–Trinajstić information content (AvgIpc) is 3.15. The highest BCUT2D eigenvalue weighted by molar-refractivity contribution is 8.19. The molecule has 4 saturated carbocycles. The van der Waals surface area contributed by atoms with Crippen molar-refractivity contribution in [3.8, 4) is 0 Å². The number of rotatable bonds is 4. The summed E-state index contributed by atoms with van der Waals surface area (Å²) in [5, 5.41) is 3.39. The lowest BCUT2D eigenvalue weighted by Gasteiger charge is -2.59. The molecule has 1 unspecified atom stereocenters. The molecule has 1 amide bonds. The van der Waals surface area contributed by atoms with Crippen LogP contribution >= 0.6 is 23.5 Å². The Balaban J connectivity index is 1.26. The van der Waals surface area contributed by atoms with Crippen LogP contribution in [0.5, 0.6) is 0 Å². The van der Waals surface area contributed by atoms with Crippen LogP contribution in [0.4, 0.5) is 0 Å². The quantitative estimate of drug-likeness (QED) is 0.739. The minimum atomic E-state index is 0.117. The van der Waals surface area contributed by atoms with Crippen LogP contribution in [0, 0.1) is 23.2 Å². The van der Waals surface area contributed by atoms with Crippen LogP contribution in [0.15, 0.2) is 24.3 Å². The van der Waals surface area contributed by atoms with Gasteiger partial charge in [-0.25, -0.2) is 0 Å². The smallest absolute Gasteiger partial charge is 0.251 e. The normalized spacial score (nSPS) is 37.0. The van der Waals surface area contributed by atoms with Crippen molar-refractivity contribution < 1.29 is 4.79 Å². The highest BCUT2D eigenvalue weighted by Crippen LogP contribution is 2.61. The second-order valence-electron chi connectivity index (χ2n) is 9.17. The third kappa shape index (κ3) is 3.11. The summed E-state index contributed by atoms with van der Waals surface area (Å²) in [5.74, 6) is 5.38. The van der Waals surface area contributed by atoms with Crippen LogP contribution in [-0.4, -0.2) is 23.5 Å².